The maximum absolute atomic E-state index is 10.8. The van der Waals surface area contributed by atoms with Crippen molar-refractivity contribution in [2.24, 2.45) is 0 Å². The molecule has 0 spiro atoms. The van der Waals surface area contributed by atoms with Gasteiger partial charge in [-0.1, -0.05) is 0 Å². The van der Waals surface area contributed by atoms with E-state index in [1.165, 1.54) is 6.07 Å². The summed E-state index contributed by atoms with van der Waals surface area (Å²) in [5, 5.41) is 11.8. The third kappa shape index (κ3) is 1.50. The fourth-order valence-corrected chi connectivity index (χ4v) is 1.98. The van der Waals surface area contributed by atoms with Crippen LogP contribution in [-0.4, -0.2) is 4.92 Å². The number of hydrogen-bond donors (Lipinski definition) is 0. The molecule has 0 fully saturated rings. The SMILES string of the molecule is O=[N+]([O-])c1ccc2ccc3cccc[n+]3c2c1. The highest BCUT2D eigenvalue weighted by Gasteiger charge is 2.13. The van der Waals surface area contributed by atoms with Crippen LogP contribution in [0.25, 0.3) is 16.4 Å². The summed E-state index contributed by atoms with van der Waals surface area (Å²) in [5.41, 5.74) is 1.97. The van der Waals surface area contributed by atoms with Gasteiger partial charge in [0, 0.05) is 29.7 Å². The quantitative estimate of drug-likeness (QED) is 0.276. The van der Waals surface area contributed by atoms with E-state index in [1.54, 1.807) is 12.1 Å². The Kier molecular flexibility index (Phi) is 2.01. The fourth-order valence-electron chi connectivity index (χ4n) is 1.98. The number of aromatic nitrogens is 1. The zero-order chi connectivity index (χ0) is 11.8. The van der Waals surface area contributed by atoms with Crippen LogP contribution in [0.4, 0.5) is 5.69 Å². The molecule has 1 aromatic carbocycles. The lowest BCUT2D eigenvalue weighted by Gasteiger charge is -1.97. The van der Waals surface area contributed by atoms with Crippen LogP contribution >= 0.6 is 0 Å². The molecule has 0 bridgehead atoms. The number of rotatable bonds is 1. The van der Waals surface area contributed by atoms with Gasteiger partial charge in [0.15, 0.2) is 6.20 Å². The first-order chi connectivity index (χ1) is 8.25. The van der Waals surface area contributed by atoms with Gasteiger partial charge in [0.05, 0.1) is 11.0 Å². The van der Waals surface area contributed by atoms with Crippen LogP contribution in [0, 0.1) is 10.1 Å². The smallest absolute Gasteiger partial charge is 0.258 e. The Labute approximate surface area is 96.9 Å². The molecule has 0 aliphatic carbocycles. The van der Waals surface area contributed by atoms with Gasteiger partial charge in [-0.25, -0.2) is 0 Å². The van der Waals surface area contributed by atoms with Crippen molar-refractivity contribution in [3.05, 3.63) is 64.8 Å². The molecule has 3 aromatic rings. The highest BCUT2D eigenvalue weighted by Crippen LogP contribution is 2.18. The Balaban J connectivity index is 2.46. The molecule has 0 N–H and O–H groups in total. The van der Waals surface area contributed by atoms with Gasteiger partial charge in [0.1, 0.15) is 0 Å². The molecule has 0 radical (unpaired) electrons. The van der Waals surface area contributed by atoms with Gasteiger partial charge in [-0.3, -0.25) is 10.1 Å². The average molecular weight is 225 g/mol. The molecule has 4 nitrogen and oxygen atoms in total. The second kappa shape index (κ2) is 3.52. The van der Waals surface area contributed by atoms with Gasteiger partial charge >= 0.3 is 0 Å². The van der Waals surface area contributed by atoms with E-state index >= 15 is 0 Å². The Morgan fingerprint density at radius 2 is 1.88 bits per heavy atom. The molecule has 3 rings (SSSR count). The minimum atomic E-state index is -0.373. The van der Waals surface area contributed by atoms with Gasteiger partial charge < -0.3 is 0 Å². The first-order valence-electron chi connectivity index (χ1n) is 5.23. The molecule has 0 aliphatic rings. The summed E-state index contributed by atoms with van der Waals surface area (Å²) in [6.07, 6.45) is 1.90. The first-order valence-corrected chi connectivity index (χ1v) is 5.23. The standard InChI is InChI=1S/C13H9N2O2/c16-15(17)12-7-5-10-4-6-11-3-1-2-8-14(11)13(10)9-12/h1-9H/q+1. The van der Waals surface area contributed by atoms with Gasteiger partial charge in [-0.2, -0.15) is 4.40 Å². The predicted octanol–water partition coefficient (Wildman–Crippen LogP) is 2.49. The first kappa shape index (κ1) is 9.72. The van der Waals surface area contributed by atoms with Crippen LogP contribution in [0.1, 0.15) is 0 Å². The lowest BCUT2D eigenvalue weighted by Crippen LogP contribution is -2.21. The average Bonchev–Trinajstić information content (AvgIpc) is 2.38. The maximum Gasteiger partial charge on any atom is 0.276 e. The summed E-state index contributed by atoms with van der Waals surface area (Å²) in [6, 6.07) is 14.7. The van der Waals surface area contributed by atoms with Crippen LogP contribution in [0.3, 0.4) is 0 Å². The topological polar surface area (TPSA) is 47.2 Å². The van der Waals surface area contributed by atoms with Crippen molar-refractivity contribution in [1.29, 1.82) is 0 Å². The number of benzene rings is 1. The van der Waals surface area contributed by atoms with Crippen molar-refractivity contribution in [2.45, 2.75) is 0 Å². The Morgan fingerprint density at radius 3 is 2.71 bits per heavy atom. The molecule has 0 saturated heterocycles. The molecule has 0 aliphatic heterocycles. The minimum Gasteiger partial charge on any atom is -0.258 e. The van der Waals surface area contributed by atoms with Crippen molar-refractivity contribution in [3.63, 3.8) is 0 Å². The van der Waals surface area contributed by atoms with E-state index < -0.39 is 0 Å². The minimum absolute atomic E-state index is 0.112. The molecular weight excluding hydrogens is 216 g/mol. The summed E-state index contributed by atoms with van der Waals surface area (Å²) in [5.74, 6) is 0. The molecule has 0 amide bonds. The zero-order valence-electron chi connectivity index (χ0n) is 8.91. The molecule has 0 unspecified atom stereocenters. The van der Waals surface area contributed by atoms with Gasteiger partial charge in [-0.05, 0) is 18.2 Å². The Bertz CT molecular complexity index is 738. The van der Waals surface area contributed by atoms with E-state index in [0.717, 1.165) is 16.4 Å². The number of nitro benzene ring substituents is 1. The summed E-state index contributed by atoms with van der Waals surface area (Å²) in [6.45, 7) is 0. The van der Waals surface area contributed by atoms with Crippen LogP contribution < -0.4 is 4.40 Å². The summed E-state index contributed by atoms with van der Waals surface area (Å²) < 4.78 is 1.95. The van der Waals surface area contributed by atoms with E-state index in [0.29, 0.717) is 0 Å². The molecule has 4 heteroatoms. The molecule has 82 valence electrons. The lowest BCUT2D eigenvalue weighted by atomic mass is 10.2. The summed E-state index contributed by atoms with van der Waals surface area (Å²) in [4.78, 5) is 10.4. The highest BCUT2D eigenvalue weighted by atomic mass is 16.6. The van der Waals surface area contributed by atoms with Crippen LogP contribution in [-0.2, 0) is 0 Å². The third-order valence-electron chi connectivity index (χ3n) is 2.81. The Morgan fingerprint density at radius 1 is 1.06 bits per heavy atom. The van der Waals surface area contributed by atoms with E-state index in [4.69, 9.17) is 0 Å². The number of hydrogen-bond acceptors (Lipinski definition) is 2. The lowest BCUT2D eigenvalue weighted by molar-refractivity contribution is -0.482. The van der Waals surface area contributed by atoms with Gasteiger partial charge in [0.25, 0.3) is 5.69 Å². The Hall–Kier alpha value is -2.49. The van der Waals surface area contributed by atoms with E-state index in [2.05, 4.69) is 0 Å². The fraction of sp³-hybridized carbons (Fsp3) is 0. The molecule has 2 heterocycles. The predicted molar refractivity (Wildman–Crippen MR) is 63.8 cm³/mol. The van der Waals surface area contributed by atoms with Crippen molar-refractivity contribution < 1.29 is 9.32 Å². The number of fused-ring (bicyclic) bond motifs is 3. The number of non-ortho nitro benzene ring substituents is 1. The largest absolute Gasteiger partial charge is 0.276 e. The number of nitrogens with zero attached hydrogens (tertiary/aromatic N) is 2. The second-order valence-corrected chi connectivity index (χ2v) is 3.83. The zero-order valence-corrected chi connectivity index (χ0v) is 8.91. The normalized spacial score (nSPS) is 10.8. The van der Waals surface area contributed by atoms with E-state index in [-0.39, 0.29) is 10.6 Å². The third-order valence-corrected chi connectivity index (χ3v) is 2.81. The number of nitro groups is 1. The molecule has 2 aromatic heterocycles. The van der Waals surface area contributed by atoms with Crippen molar-refractivity contribution >= 4 is 22.1 Å². The van der Waals surface area contributed by atoms with E-state index in [1.807, 2.05) is 40.9 Å². The maximum atomic E-state index is 10.8. The molecule has 0 atom stereocenters. The monoisotopic (exact) mass is 225 g/mol. The van der Waals surface area contributed by atoms with Crippen molar-refractivity contribution in [1.82, 2.24) is 0 Å². The van der Waals surface area contributed by atoms with Crippen LogP contribution in [0.2, 0.25) is 0 Å². The molecule has 0 saturated carbocycles. The second-order valence-electron chi connectivity index (χ2n) is 3.83. The summed E-state index contributed by atoms with van der Waals surface area (Å²) >= 11 is 0. The van der Waals surface area contributed by atoms with Crippen LogP contribution in [0.15, 0.2) is 54.7 Å². The van der Waals surface area contributed by atoms with E-state index in [9.17, 15) is 10.1 Å². The highest BCUT2D eigenvalue weighted by molar-refractivity contribution is 5.79. The van der Waals surface area contributed by atoms with Gasteiger partial charge in [0.2, 0.25) is 11.0 Å². The summed E-state index contributed by atoms with van der Waals surface area (Å²) in [7, 11) is 0. The van der Waals surface area contributed by atoms with Crippen molar-refractivity contribution in [2.75, 3.05) is 0 Å². The van der Waals surface area contributed by atoms with Crippen LogP contribution in [0.5, 0.6) is 0 Å². The molecule has 17 heavy (non-hydrogen) atoms. The molecular formula is C13H9N2O2+. The van der Waals surface area contributed by atoms with Crippen molar-refractivity contribution in [3.8, 4) is 0 Å². The number of pyridine rings is 2. The van der Waals surface area contributed by atoms with Gasteiger partial charge in [-0.15, -0.1) is 0 Å².